The van der Waals surface area contributed by atoms with Crippen LogP contribution in [0.5, 0.6) is 5.75 Å². The number of carbonyl (C=O) groups excluding carboxylic acids is 1. The molecule has 0 N–H and O–H groups in total. The molecule has 0 aromatic heterocycles. The van der Waals surface area contributed by atoms with E-state index in [1.165, 1.54) is 6.08 Å². The number of benzene rings is 1. The maximum absolute atomic E-state index is 11.5. The number of unbranched alkanes of at least 4 members (excludes halogenated alkanes) is 1. The molecule has 110 valence electrons. The third-order valence-corrected chi connectivity index (χ3v) is 2.93. The molecule has 0 saturated carbocycles. The second kappa shape index (κ2) is 9.18. The third-order valence-electron chi connectivity index (χ3n) is 2.93. The minimum Gasteiger partial charge on any atom is -0.494 e. The Morgan fingerprint density at radius 1 is 1.35 bits per heavy atom. The number of hydrogen-bond donors (Lipinski definition) is 0. The van der Waals surface area contributed by atoms with E-state index in [1.807, 2.05) is 38.1 Å². The largest absolute Gasteiger partial charge is 0.494 e. The number of rotatable bonds is 8. The highest BCUT2D eigenvalue weighted by atomic mass is 16.5. The van der Waals surface area contributed by atoms with Crippen molar-refractivity contribution < 1.29 is 14.3 Å². The standard InChI is InChI=1S/C17H24O3/c1-4-6-12-19-16-9-7-8-15(13-16)10-11-17(18)20-14(3)5-2/h7-11,13-14H,4-6,12H2,1-3H3. The molecular formula is C17H24O3. The van der Waals surface area contributed by atoms with E-state index < -0.39 is 0 Å². The SMILES string of the molecule is CCCCOc1cccc(C=CC(=O)OC(C)CC)c1. The van der Waals surface area contributed by atoms with Gasteiger partial charge in [0.2, 0.25) is 0 Å². The zero-order valence-electron chi connectivity index (χ0n) is 12.6. The van der Waals surface area contributed by atoms with Gasteiger partial charge >= 0.3 is 5.97 Å². The van der Waals surface area contributed by atoms with Crippen molar-refractivity contribution in [1.82, 2.24) is 0 Å². The van der Waals surface area contributed by atoms with Crippen LogP contribution in [0.2, 0.25) is 0 Å². The van der Waals surface area contributed by atoms with E-state index in [9.17, 15) is 4.79 Å². The van der Waals surface area contributed by atoms with Gasteiger partial charge in [0.1, 0.15) is 5.75 Å². The number of esters is 1. The molecular weight excluding hydrogens is 252 g/mol. The van der Waals surface area contributed by atoms with Crippen LogP contribution < -0.4 is 4.74 Å². The fourth-order valence-electron chi connectivity index (χ4n) is 1.53. The summed E-state index contributed by atoms with van der Waals surface area (Å²) in [6.07, 6.45) is 6.13. The lowest BCUT2D eigenvalue weighted by molar-refractivity contribution is -0.142. The van der Waals surface area contributed by atoms with Gasteiger partial charge in [-0.2, -0.15) is 0 Å². The number of carbonyl (C=O) groups is 1. The Morgan fingerprint density at radius 2 is 2.15 bits per heavy atom. The Balaban J connectivity index is 2.54. The predicted octanol–water partition coefficient (Wildman–Crippen LogP) is 4.22. The van der Waals surface area contributed by atoms with Gasteiger partial charge in [-0.25, -0.2) is 4.79 Å². The van der Waals surface area contributed by atoms with Crippen molar-refractivity contribution >= 4 is 12.0 Å². The normalized spacial score (nSPS) is 12.3. The Hall–Kier alpha value is -1.77. The minimum atomic E-state index is -0.309. The average molecular weight is 276 g/mol. The molecule has 0 bridgehead atoms. The molecule has 0 heterocycles. The van der Waals surface area contributed by atoms with Crippen molar-refractivity contribution in [2.45, 2.75) is 46.1 Å². The molecule has 20 heavy (non-hydrogen) atoms. The van der Waals surface area contributed by atoms with Gasteiger partial charge in [0, 0.05) is 6.08 Å². The molecule has 0 amide bonds. The van der Waals surface area contributed by atoms with Crippen LogP contribution in [0.3, 0.4) is 0 Å². The maximum atomic E-state index is 11.5. The van der Waals surface area contributed by atoms with E-state index >= 15 is 0 Å². The molecule has 3 heteroatoms. The molecule has 0 fully saturated rings. The van der Waals surface area contributed by atoms with Crippen LogP contribution in [0.25, 0.3) is 6.08 Å². The average Bonchev–Trinajstić information content (AvgIpc) is 2.46. The van der Waals surface area contributed by atoms with Crippen molar-refractivity contribution in [3.63, 3.8) is 0 Å². The molecule has 1 rings (SSSR count). The summed E-state index contributed by atoms with van der Waals surface area (Å²) in [4.78, 5) is 11.5. The van der Waals surface area contributed by atoms with Crippen LogP contribution in [0.1, 0.15) is 45.6 Å². The first-order chi connectivity index (χ1) is 9.65. The first-order valence-corrected chi connectivity index (χ1v) is 7.27. The van der Waals surface area contributed by atoms with Gasteiger partial charge in [-0.15, -0.1) is 0 Å². The van der Waals surface area contributed by atoms with Gasteiger partial charge in [0.15, 0.2) is 0 Å². The highest BCUT2D eigenvalue weighted by Gasteiger charge is 2.03. The number of hydrogen-bond acceptors (Lipinski definition) is 3. The molecule has 0 aliphatic carbocycles. The summed E-state index contributed by atoms with van der Waals surface area (Å²) in [5.41, 5.74) is 0.931. The summed E-state index contributed by atoms with van der Waals surface area (Å²) in [7, 11) is 0. The summed E-state index contributed by atoms with van der Waals surface area (Å²) in [6.45, 7) is 6.72. The molecule has 0 aliphatic heterocycles. The predicted molar refractivity (Wildman–Crippen MR) is 81.7 cm³/mol. The van der Waals surface area contributed by atoms with Gasteiger partial charge in [-0.1, -0.05) is 32.4 Å². The third kappa shape index (κ3) is 6.41. The molecule has 1 aromatic carbocycles. The smallest absolute Gasteiger partial charge is 0.331 e. The molecule has 3 nitrogen and oxygen atoms in total. The van der Waals surface area contributed by atoms with Crippen LogP contribution in [0.4, 0.5) is 0 Å². The van der Waals surface area contributed by atoms with Crippen molar-refractivity contribution in [1.29, 1.82) is 0 Å². The lowest BCUT2D eigenvalue weighted by atomic mass is 10.2. The lowest BCUT2D eigenvalue weighted by Crippen LogP contribution is -2.11. The van der Waals surface area contributed by atoms with Crippen LogP contribution in [0.15, 0.2) is 30.3 Å². The molecule has 0 aliphatic rings. The second-order valence-corrected chi connectivity index (χ2v) is 4.76. The van der Waals surface area contributed by atoms with Gasteiger partial charge < -0.3 is 9.47 Å². The summed E-state index contributed by atoms with van der Waals surface area (Å²) in [6, 6.07) is 7.69. The molecule has 0 radical (unpaired) electrons. The molecule has 1 aromatic rings. The van der Waals surface area contributed by atoms with E-state index in [0.717, 1.165) is 37.2 Å². The van der Waals surface area contributed by atoms with Crippen LogP contribution in [0, 0.1) is 0 Å². The second-order valence-electron chi connectivity index (χ2n) is 4.76. The Bertz CT molecular complexity index is 438. The lowest BCUT2D eigenvalue weighted by Gasteiger charge is -2.08. The van der Waals surface area contributed by atoms with Crippen molar-refractivity contribution in [3.8, 4) is 5.75 Å². The maximum Gasteiger partial charge on any atom is 0.331 e. The first kappa shape index (κ1) is 16.3. The fourth-order valence-corrected chi connectivity index (χ4v) is 1.53. The molecule has 1 atom stereocenters. The van der Waals surface area contributed by atoms with E-state index in [-0.39, 0.29) is 12.1 Å². The zero-order chi connectivity index (χ0) is 14.8. The van der Waals surface area contributed by atoms with Crippen LogP contribution >= 0.6 is 0 Å². The van der Waals surface area contributed by atoms with Gasteiger partial charge in [-0.3, -0.25) is 0 Å². The molecule has 1 unspecified atom stereocenters. The quantitative estimate of drug-likeness (QED) is 0.405. The van der Waals surface area contributed by atoms with E-state index in [4.69, 9.17) is 9.47 Å². The monoisotopic (exact) mass is 276 g/mol. The summed E-state index contributed by atoms with van der Waals surface area (Å²) >= 11 is 0. The molecule has 0 saturated heterocycles. The summed E-state index contributed by atoms with van der Waals surface area (Å²) in [5, 5.41) is 0. The zero-order valence-corrected chi connectivity index (χ0v) is 12.6. The van der Waals surface area contributed by atoms with Crippen LogP contribution in [-0.4, -0.2) is 18.7 Å². The van der Waals surface area contributed by atoms with E-state index in [1.54, 1.807) is 6.08 Å². The van der Waals surface area contributed by atoms with Crippen molar-refractivity contribution in [3.05, 3.63) is 35.9 Å². The van der Waals surface area contributed by atoms with E-state index in [0.29, 0.717) is 0 Å². The fraction of sp³-hybridized carbons (Fsp3) is 0.471. The van der Waals surface area contributed by atoms with Gasteiger partial charge in [0.05, 0.1) is 12.7 Å². The Labute approximate surface area is 121 Å². The van der Waals surface area contributed by atoms with Gasteiger partial charge in [-0.05, 0) is 43.5 Å². The van der Waals surface area contributed by atoms with Crippen molar-refractivity contribution in [2.75, 3.05) is 6.61 Å². The summed E-state index contributed by atoms with van der Waals surface area (Å²) in [5.74, 6) is 0.521. The first-order valence-electron chi connectivity index (χ1n) is 7.27. The van der Waals surface area contributed by atoms with Crippen molar-refractivity contribution in [2.24, 2.45) is 0 Å². The highest BCUT2D eigenvalue weighted by molar-refractivity contribution is 5.87. The van der Waals surface area contributed by atoms with Crippen LogP contribution in [-0.2, 0) is 9.53 Å². The Kier molecular flexibility index (Phi) is 7.48. The van der Waals surface area contributed by atoms with E-state index in [2.05, 4.69) is 6.92 Å². The minimum absolute atomic E-state index is 0.0455. The molecule has 0 spiro atoms. The van der Waals surface area contributed by atoms with Gasteiger partial charge in [0.25, 0.3) is 0 Å². The number of ether oxygens (including phenoxy) is 2. The highest BCUT2D eigenvalue weighted by Crippen LogP contribution is 2.15. The Morgan fingerprint density at radius 3 is 2.85 bits per heavy atom. The topological polar surface area (TPSA) is 35.5 Å². The summed E-state index contributed by atoms with van der Waals surface area (Å²) < 4.78 is 10.8.